The summed E-state index contributed by atoms with van der Waals surface area (Å²) >= 11 is 0. The number of aryl methyl sites for hydroxylation is 2. The molecule has 2 amide bonds. The molecule has 0 unspecified atom stereocenters. The Labute approximate surface area is 257 Å². The van der Waals surface area contributed by atoms with Crippen molar-refractivity contribution in [3.63, 3.8) is 0 Å². The van der Waals surface area contributed by atoms with Gasteiger partial charge in [-0.2, -0.15) is 0 Å². The Morgan fingerprint density at radius 2 is 1.58 bits per heavy atom. The van der Waals surface area contributed by atoms with E-state index >= 15 is 0 Å². The van der Waals surface area contributed by atoms with Gasteiger partial charge in [0.15, 0.2) is 0 Å². The van der Waals surface area contributed by atoms with Crippen LogP contribution in [-0.4, -0.2) is 50.0 Å². The number of amides is 2. The average Bonchev–Trinajstić information content (AvgIpc) is 3.50. The van der Waals surface area contributed by atoms with Gasteiger partial charge in [0, 0.05) is 32.0 Å². The Bertz CT molecular complexity index is 1450. The zero-order chi connectivity index (χ0) is 30.8. The molecule has 3 aromatic rings. The van der Waals surface area contributed by atoms with Crippen LogP contribution in [0.4, 0.5) is 5.69 Å². The summed E-state index contributed by atoms with van der Waals surface area (Å²) in [7, 11) is -3.55. The molecule has 1 N–H and O–H groups in total. The van der Waals surface area contributed by atoms with Crippen molar-refractivity contribution in [2.24, 2.45) is 0 Å². The highest BCUT2D eigenvalue weighted by Crippen LogP contribution is 2.23. The Balaban J connectivity index is 1.57. The summed E-state index contributed by atoms with van der Waals surface area (Å²) in [5.74, 6) is -0.302. The lowest BCUT2D eigenvalue weighted by Gasteiger charge is -2.33. The van der Waals surface area contributed by atoms with Gasteiger partial charge in [-0.05, 0) is 61.4 Å². The number of nitrogens with one attached hydrogen (secondary N) is 1. The van der Waals surface area contributed by atoms with Crippen molar-refractivity contribution < 1.29 is 18.0 Å². The minimum atomic E-state index is -3.55. The molecule has 0 spiro atoms. The Morgan fingerprint density at radius 3 is 2.21 bits per heavy atom. The van der Waals surface area contributed by atoms with Gasteiger partial charge in [0.05, 0.1) is 11.9 Å². The van der Waals surface area contributed by atoms with E-state index in [0.29, 0.717) is 25.1 Å². The highest BCUT2D eigenvalue weighted by molar-refractivity contribution is 7.92. The number of hydrogen-bond acceptors (Lipinski definition) is 4. The monoisotopic (exact) mass is 603 g/mol. The molecule has 3 aromatic carbocycles. The molecule has 1 aliphatic rings. The van der Waals surface area contributed by atoms with Gasteiger partial charge < -0.3 is 10.2 Å². The third-order valence-electron chi connectivity index (χ3n) is 8.19. The van der Waals surface area contributed by atoms with Gasteiger partial charge in [-0.25, -0.2) is 8.42 Å². The molecule has 0 saturated heterocycles. The van der Waals surface area contributed by atoms with Crippen molar-refractivity contribution in [1.82, 2.24) is 10.2 Å². The summed E-state index contributed by atoms with van der Waals surface area (Å²) in [5.41, 5.74) is 4.72. The fraction of sp³-hybridized carbons (Fsp3) is 0.429. The molecule has 0 aliphatic heterocycles. The van der Waals surface area contributed by atoms with E-state index in [-0.39, 0.29) is 30.8 Å². The molecule has 0 heterocycles. The van der Waals surface area contributed by atoms with Crippen LogP contribution in [0.1, 0.15) is 67.7 Å². The lowest BCUT2D eigenvalue weighted by Crippen LogP contribution is -2.52. The van der Waals surface area contributed by atoms with Gasteiger partial charge in [-0.3, -0.25) is 13.9 Å². The molecule has 7 nitrogen and oxygen atoms in total. The number of sulfonamides is 1. The van der Waals surface area contributed by atoms with Crippen LogP contribution in [0.25, 0.3) is 0 Å². The quantitative estimate of drug-likeness (QED) is 0.252. The van der Waals surface area contributed by atoms with Crippen molar-refractivity contribution in [2.75, 3.05) is 17.1 Å². The van der Waals surface area contributed by atoms with E-state index in [4.69, 9.17) is 0 Å². The number of rotatable bonds is 14. The Kier molecular flexibility index (Phi) is 11.4. The molecule has 8 heteroatoms. The molecule has 4 rings (SSSR count). The molecular formula is C35H45N3O4S. The van der Waals surface area contributed by atoms with Gasteiger partial charge in [-0.15, -0.1) is 0 Å². The molecule has 1 aliphatic carbocycles. The number of hydrogen-bond donors (Lipinski definition) is 1. The number of anilines is 1. The summed E-state index contributed by atoms with van der Waals surface area (Å²) in [5, 5.41) is 3.24. The second-order valence-corrected chi connectivity index (χ2v) is 13.6. The standard InChI is InChI=1S/C35H45N3O4S/c1-4-28-19-21-32(22-20-28)38(43(3,41)42)23-11-18-34(39)37(26-30-15-10-12-27(2)24-30)33(25-29-13-6-5-7-14-29)35(40)36-31-16-8-9-17-31/h5-7,10,12-15,19-22,24,31,33H,4,8-9,11,16-18,23,25-26H2,1-3H3,(H,36,40)/t33-/m0/s1. The highest BCUT2D eigenvalue weighted by atomic mass is 32.2. The van der Waals surface area contributed by atoms with Crippen LogP contribution in [0.2, 0.25) is 0 Å². The van der Waals surface area contributed by atoms with E-state index in [9.17, 15) is 18.0 Å². The molecule has 0 aromatic heterocycles. The van der Waals surface area contributed by atoms with E-state index in [1.54, 1.807) is 4.90 Å². The van der Waals surface area contributed by atoms with E-state index < -0.39 is 16.1 Å². The topological polar surface area (TPSA) is 86.8 Å². The third kappa shape index (κ3) is 9.42. The van der Waals surface area contributed by atoms with Crippen LogP contribution >= 0.6 is 0 Å². The van der Waals surface area contributed by atoms with Gasteiger partial charge in [0.1, 0.15) is 6.04 Å². The molecule has 0 radical (unpaired) electrons. The SMILES string of the molecule is CCc1ccc(N(CCCC(=O)N(Cc2cccc(C)c2)[C@@H](Cc2ccccc2)C(=O)NC2CCCC2)S(C)(=O)=O)cc1. The minimum absolute atomic E-state index is 0.118. The van der Waals surface area contributed by atoms with Gasteiger partial charge in [-0.1, -0.05) is 92.1 Å². The predicted octanol–water partition coefficient (Wildman–Crippen LogP) is 5.80. The van der Waals surface area contributed by atoms with Crippen molar-refractivity contribution in [3.8, 4) is 0 Å². The van der Waals surface area contributed by atoms with E-state index in [1.807, 2.05) is 85.8 Å². The fourth-order valence-electron chi connectivity index (χ4n) is 5.83. The number of carbonyl (C=O) groups excluding carboxylic acids is 2. The van der Waals surface area contributed by atoms with Crippen LogP contribution in [0.3, 0.4) is 0 Å². The molecule has 0 bridgehead atoms. The van der Waals surface area contributed by atoms with Gasteiger partial charge in [0.2, 0.25) is 21.8 Å². The number of carbonyl (C=O) groups is 2. The largest absolute Gasteiger partial charge is 0.352 e. The lowest BCUT2D eigenvalue weighted by atomic mass is 10.0. The molecular weight excluding hydrogens is 558 g/mol. The fourth-order valence-corrected chi connectivity index (χ4v) is 6.80. The molecule has 1 atom stereocenters. The summed E-state index contributed by atoms with van der Waals surface area (Å²) in [6, 6.07) is 24.7. The van der Waals surface area contributed by atoms with E-state index in [2.05, 4.69) is 12.2 Å². The maximum absolute atomic E-state index is 14.0. The van der Waals surface area contributed by atoms with Crippen molar-refractivity contribution in [1.29, 1.82) is 0 Å². The second kappa shape index (κ2) is 15.2. The van der Waals surface area contributed by atoms with E-state index in [0.717, 1.165) is 54.4 Å². The summed E-state index contributed by atoms with van der Waals surface area (Å²) in [6.45, 7) is 4.53. The normalized spacial score (nSPS) is 14.3. The second-order valence-electron chi connectivity index (χ2n) is 11.7. The first-order valence-corrected chi connectivity index (χ1v) is 17.2. The highest BCUT2D eigenvalue weighted by Gasteiger charge is 2.32. The number of benzene rings is 3. The zero-order valence-corrected chi connectivity index (χ0v) is 26.5. The Hall–Kier alpha value is -3.65. The number of nitrogens with zero attached hydrogens (tertiary/aromatic N) is 2. The Morgan fingerprint density at radius 1 is 0.907 bits per heavy atom. The zero-order valence-electron chi connectivity index (χ0n) is 25.7. The van der Waals surface area contributed by atoms with Crippen molar-refractivity contribution in [2.45, 2.75) is 83.8 Å². The van der Waals surface area contributed by atoms with Crippen LogP contribution in [-0.2, 0) is 39.0 Å². The van der Waals surface area contributed by atoms with Crippen LogP contribution in [0, 0.1) is 6.92 Å². The summed E-state index contributed by atoms with van der Waals surface area (Å²) < 4.78 is 26.8. The molecule has 230 valence electrons. The first kappa shape index (κ1) is 32.3. The van der Waals surface area contributed by atoms with Crippen molar-refractivity contribution >= 4 is 27.5 Å². The first-order valence-electron chi connectivity index (χ1n) is 15.4. The summed E-state index contributed by atoms with van der Waals surface area (Å²) in [4.78, 5) is 29.6. The van der Waals surface area contributed by atoms with Crippen LogP contribution in [0.5, 0.6) is 0 Å². The first-order chi connectivity index (χ1) is 20.6. The lowest BCUT2D eigenvalue weighted by molar-refractivity contribution is -0.141. The molecule has 1 fully saturated rings. The maximum atomic E-state index is 14.0. The third-order valence-corrected chi connectivity index (χ3v) is 9.39. The summed E-state index contributed by atoms with van der Waals surface area (Å²) in [6.07, 6.45) is 7.00. The van der Waals surface area contributed by atoms with Crippen LogP contribution in [0.15, 0.2) is 78.9 Å². The smallest absolute Gasteiger partial charge is 0.243 e. The molecule has 43 heavy (non-hydrogen) atoms. The van der Waals surface area contributed by atoms with Gasteiger partial charge >= 0.3 is 0 Å². The van der Waals surface area contributed by atoms with E-state index in [1.165, 1.54) is 10.6 Å². The van der Waals surface area contributed by atoms with Crippen molar-refractivity contribution in [3.05, 3.63) is 101 Å². The predicted molar refractivity (Wildman–Crippen MR) is 173 cm³/mol. The molecule has 1 saturated carbocycles. The van der Waals surface area contributed by atoms with Crippen LogP contribution < -0.4 is 9.62 Å². The maximum Gasteiger partial charge on any atom is 0.243 e. The van der Waals surface area contributed by atoms with Gasteiger partial charge in [0.25, 0.3) is 0 Å². The minimum Gasteiger partial charge on any atom is -0.352 e. The average molecular weight is 604 g/mol.